The summed E-state index contributed by atoms with van der Waals surface area (Å²) < 4.78 is 25.8. The molecule has 1 rings (SSSR count). The SMILES string of the molecule is CCCCCCCCNC1(P(=O)(OCCCC)OCCCC)CCCC1. The summed E-state index contributed by atoms with van der Waals surface area (Å²) in [6, 6.07) is 0. The van der Waals surface area contributed by atoms with E-state index < -0.39 is 12.9 Å². The Labute approximate surface area is 162 Å². The van der Waals surface area contributed by atoms with E-state index in [1.807, 2.05) is 0 Å². The molecule has 0 amide bonds. The summed E-state index contributed by atoms with van der Waals surface area (Å²) in [7, 11) is -3.13. The maximum atomic E-state index is 13.8. The second-order valence-corrected chi connectivity index (χ2v) is 10.2. The molecule has 1 saturated carbocycles. The molecule has 0 saturated heterocycles. The van der Waals surface area contributed by atoms with Crippen molar-refractivity contribution in [3.63, 3.8) is 0 Å². The summed E-state index contributed by atoms with van der Waals surface area (Å²) in [6.07, 6.45) is 15.7. The fourth-order valence-corrected chi connectivity index (χ4v) is 6.15. The molecule has 0 unspecified atom stereocenters. The van der Waals surface area contributed by atoms with Crippen molar-refractivity contribution in [2.45, 2.75) is 116 Å². The summed E-state index contributed by atoms with van der Waals surface area (Å²) in [5.74, 6) is 0. The lowest BCUT2D eigenvalue weighted by Gasteiger charge is -2.37. The number of nitrogens with one attached hydrogen (secondary N) is 1. The zero-order valence-electron chi connectivity index (χ0n) is 17.7. The second kappa shape index (κ2) is 14.2. The highest BCUT2D eigenvalue weighted by Gasteiger charge is 2.52. The van der Waals surface area contributed by atoms with Crippen LogP contribution >= 0.6 is 7.60 Å². The van der Waals surface area contributed by atoms with Gasteiger partial charge in [0, 0.05) is 0 Å². The molecule has 0 aromatic rings. The number of hydrogen-bond acceptors (Lipinski definition) is 4. The van der Waals surface area contributed by atoms with Gasteiger partial charge in [-0.15, -0.1) is 0 Å². The highest BCUT2D eigenvalue weighted by atomic mass is 31.2. The van der Waals surface area contributed by atoms with Crippen molar-refractivity contribution in [2.24, 2.45) is 0 Å². The van der Waals surface area contributed by atoms with Crippen LogP contribution in [-0.2, 0) is 13.6 Å². The van der Waals surface area contributed by atoms with E-state index in [1.165, 1.54) is 32.1 Å². The van der Waals surface area contributed by atoms with Gasteiger partial charge in [-0.3, -0.25) is 4.57 Å². The van der Waals surface area contributed by atoms with E-state index in [9.17, 15) is 4.57 Å². The zero-order valence-corrected chi connectivity index (χ0v) is 18.6. The van der Waals surface area contributed by atoms with E-state index in [0.29, 0.717) is 13.2 Å². The number of hydrogen-bond donors (Lipinski definition) is 1. The van der Waals surface area contributed by atoms with Gasteiger partial charge in [-0.1, -0.05) is 78.6 Å². The predicted molar refractivity (Wildman–Crippen MR) is 112 cm³/mol. The van der Waals surface area contributed by atoms with E-state index >= 15 is 0 Å². The molecule has 0 bridgehead atoms. The molecule has 1 aliphatic rings. The van der Waals surface area contributed by atoms with Crippen molar-refractivity contribution in [3.8, 4) is 0 Å². The van der Waals surface area contributed by atoms with Gasteiger partial charge in [0.2, 0.25) is 0 Å². The Kier molecular flexibility index (Phi) is 13.1. The first kappa shape index (κ1) is 24.1. The van der Waals surface area contributed by atoms with Gasteiger partial charge < -0.3 is 14.4 Å². The molecule has 1 aliphatic carbocycles. The highest BCUT2D eigenvalue weighted by molar-refractivity contribution is 7.55. The van der Waals surface area contributed by atoms with Crippen LogP contribution in [0.3, 0.4) is 0 Å². The molecule has 1 N–H and O–H groups in total. The number of rotatable bonds is 17. The van der Waals surface area contributed by atoms with Gasteiger partial charge in [-0.25, -0.2) is 0 Å². The summed E-state index contributed by atoms with van der Waals surface area (Å²) in [5, 5.41) is 3.22. The maximum absolute atomic E-state index is 13.8. The van der Waals surface area contributed by atoms with Crippen molar-refractivity contribution >= 4 is 7.60 Å². The first-order chi connectivity index (χ1) is 12.6. The first-order valence-electron chi connectivity index (χ1n) is 11.3. The van der Waals surface area contributed by atoms with Gasteiger partial charge in [0.1, 0.15) is 5.28 Å². The van der Waals surface area contributed by atoms with Crippen LogP contribution in [0.25, 0.3) is 0 Å². The van der Waals surface area contributed by atoms with Crippen molar-refractivity contribution < 1.29 is 13.6 Å². The van der Waals surface area contributed by atoms with Crippen LogP contribution in [0.15, 0.2) is 0 Å². The highest BCUT2D eigenvalue weighted by Crippen LogP contribution is 2.64. The van der Waals surface area contributed by atoms with E-state index in [1.54, 1.807) is 0 Å². The fraction of sp³-hybridized carbons (Fsp3) is 1.00. The molecule has 0 aliphatic heterocycles. The van der Waals surface area contributed by atoms with Gasteiger partial charge in [0.15, 0.2) is 0 Å². The molecular formula is C21H44NO3P. The van der Waals surface area contributed by atoms with Crippen LogP contribution in [0.4, 0.5) is 0 Å². The number of unbranched alkanes of at least 4 members (excludes halogenated alkanes) is 7. The largest absolute Gasteiger partial charge is 0.350 e. The Morgan fingerprint density at radius 2 is 1.27 bits per heavy atom. The average molecular weight is 390 g/mol. The van der Waals surface area contributed by atoms with Crippen LogP contribution in [0.2, 0.25) is 0 Å². The van der Waals surface area contributed by atoms with E-state index in [4.69, 9.17) is 9.05 Å². The fourth-order valence-electron chi connectivity index (χ4n) is 3.68. The molecule has 0 radical (unpaired) electrons. The Bertz CT molecular complexity index is 369. The molecular weight excluding hydrogens is 345 g/mol. The van der Waals surface area contributed by atoms with Gasteiger partial charge >= 0.3 is 7.60 Å². The molecule has 0 atom stereocenters. The molecule has 0 heterocycles. The summed E-state index contributed by atoms with van der Waals surface area (Å²) in [6.45, 7) is 8.52. The first-order valence-corrected chi connectivity index (χ1v) is 12.8. The molecule has 5 heteroatoms. The van der Waals surface area contributed by atoms with E-state index in [0.717, 1.165) is 64.3 Å². The molecule has 156 valence electrons. The van der Waals surface area contributed by atoms with Crippen LogP contribution < -0.4 is 5.32 Å². The van der Waals surface area contributed by atoms with Gasteiger partial charge in [0.25, 0.3) is 0 Å². The quantitative estimate of drug-likeness (QED) is 0.214. The molecule has 0 aromatic carbocycles. The van der Waals surface area contributed by atoms with Crippen LogP contribution in [0.5, 0.6) is 0 Å². The average Bonchev–Trinajstić information content (AvgIpc) is 3.12. The minimum absolute atomic E-state index is 0.447. The normalized spacial score (nSPS) is 17.0. The summed E-state index contributed by atoms with van der Waals surface area (Å²) >= 11 is 0. The Balaban J connectivity index is 2.61. The summed E-state index contributed by atoms with van der Waals surface area (Å²) in [5.41, 5.74) is 0. The molecule has 4 nitrogen and oxygen atoms in total. The van der Waals surface area contributed by atoms with Crippen LogP contribution in [-0.4, -0.2) is 25.0 Å². The van der Waals surface area contributed by atoms with Gasteiger partial charge in [-0.05, 0) is 38.6 Å². The monoisotopic (exact) mass is 389 g/mol. The molecule has 0 aromatic heterocycles. The van der Waals surface area contributed by atoms with E-state index in [2.05, 4.69) is 26.1 Å². The van der Waals surface area contributed by atoms with Gasteiger partial charge in [-0.2, -0.15) is 0 Å². The molecule has 26 heavy (non-hydrogen) atoms. The third-order valence-corrected chi connectivity index (χ3v) is 8.16. The maximum Gasteiger partial charge on any atom is 0.350 e. The lowest BCUT2D eigenvalue weighted by Crippen LogP contribution is -2.44. The predicted octanol–water partition coefficient (Wildman–Crippen LogP) is 7.03. The molecule has 0 spiro atoms. The zero-order chi connectivity index (χ0) is 19.1. The van der Waals surface area contributed by atoms with Crippen molar-refractivity contribution in [2.75, 3.05) is 19.8 Å². The van der Waals surface area contributed by atoms with E-state index in [-0.39, 0.29) is 0 Å². The lowest BCUT2D eigenvalue weighted by molar-refractivity contribution is 0.169. The van der Waals surface area contributed by atoms with Crippen molar-refractivity contribution in [3.05, 3.63) is 0 Å². The smallest absolute Gasteiger partial charge is 0.307 e. The minimum Gasteiger partial charge on any atom is -0.307 e. The van der Waals surface area contributed by atoms with Crippen molar-refractivity contribution in [1.82, 2.24) is 5.32 Å². The molecule has 1 fully saturated rings. The van der Waals surface area contributed by atoms with Crippen LogP contribution in [0.1, 0.15) is 111 Å². The van der Waals surface area contributed by atoms with Gasteiger partial charge in [0.05, 0.1) is 13.2 Å². The Hall–Kier alpha value is 0.110. The van der Waals surface area contributed by atoms with Crippen LogP contribution in [0, 0.1) is 0 Å². The Morgan fingerprint density at radius 3 is 1.81 bits per heavy atom. The second-order valence-electron chi connectivity index (χ2n) is 7.80. The third-order valence-electron chi connectivity index (χ3n) is 5.46. The topological polar surface area (TPSA) is 47.6 Å². The summed E-state index contributed by atoms with van der Waals surface area (Å²) in [4.78, 5) is 0. The Morgan fingerprint density at radius 1 is 0.769 bits per heavy atom. The standard InChI is InChI=1S/C21H44NO3P/c1-4-7-10-11-12-15-18-22-21(16-13-14-17-21)26(23,24-19-8-5-2)25-20-9-6-3/h22H,4-20H2,1-3H3. The minimum atomic E-state index is -3.13. The lowest BCUT2D eigenvalue weighted by atomic mass is 10.1. The van der Waals surface area contributed by atoms with Crippen molar-refractivity contribution in [1.29, 1.82) is 0 Å². The third kappa shape index (κ3) is 8.00.